The maximum absolute atomic E-state index is 12.4. The van der Waals surface area contributed by atoms with Crippen molar-refractivity contribution < 1.29 is 9.53 Å². The van der Waals surface area contributed by atoms with Gasteiger partial charge in [-0.3, -0.25) is 0 Å². The predicted octanol–water partition coefficient (Wildman–Crippen LogP) is 4.19. The molecule has 0 radical (unpaired) electrons. The second-order valence-corrected chi connectivity index (χ2v) is 6.81. The topological polar surface area (TPSA) is 61.4 Å². The highest BCUT2D eigenvalue weighted by Gasteiger charge is 2.13. The van der Waals surface area contributed by atoms with Gasteiger partial charge in [0.05, 0.1) is 32.3 Å². The van der Waals surface area contributed by atoms with E-state index in [4.69, 9.17) is 27.9 Å². The van der Waals surface area contributed by atoms with Crippen LogP contribution in [0.5, 0.6) is 0 Å². The molecule has 0 bridgehead atoms. The number of nitrogens with zero attached hydrogens (tertiary/aromatic N) is 4. The summed E-state index contributed by atoms with van der Waals surface area (Å²) in [5.41, 5.74) is 3.31. The number of aromatic nitrogens is 4. The summed E-state index contributed by atoms with van der Waals surface area (Å²) < 4.78 is 9.05. The molecule has 3 aromatic heterocycles. The first kappa shape index (κ1) is 16.9. The van der Waals surface area contributed by atoms with Crippen molar-refractivity contribution >= 4 is 45.9 Å². The number of pyridine rings is 1. The van der Waals surface area contributed by atoms with Crippen molar-refractivity contribution in [2.24, 2.45) is 7.05 Å². The van der Waals surface area contributed by atoms with E-state index in [-0.39, 0.29) is 6.61 Å². The van der Waals surface area contributed by atoms with Gasteiger partial charge >= 0.3 is 5.97 Å². The Bertz CT molecular complexity index is 1160. The lowest BCUT2D eigenvalue weighted by Gasteiger charge is -2.03. The van der Waals surface area contributed by atoms with Crippen molar-refractivity contribution in [1.82, 2.24) is 18.9 Å². The van der Waals surface area contributed by atoms with Crippen molar-refractivity contribution in [2.75, 3.05) is 0 Å². The number of halogens is 2. The molecular weight excluding hydrogens is 375 g/mol. The van der Waals surface area contributed by atoms with Crippen molar-refractivity contribution in [3.8, 4) is 0 Å². The molecule has 132 valence electrons. The van der Waals surface area contributed by atoms with Crippen LogP contribution in [0.25, 0.3) is 16.7 Å². The van der Waals surface area contributed by atoms with E-state index in [0.29, 0.717) is 26.9 Å². The first-order valence-corrected chi connectivity index (χ1v) is 8.61. The van der Waals surface area contributed by atoms with Crippen molar-refractivity contribution in [1.29, 1.82) is 0 Å². The van der Waals surface area contributed by atoms with Crippen LogP contribution in [0.3, 0.4) is 0 Å². The third-order valence-electron chi connectivity index (χ3n) is 4.21. The molecule has 0 saturated heterocycles. The van der Waals surface area contributed by atoms with Crippen molar-refractivity contribution in [2.45, 2.75) is 13.5 Å². The lowest BCUT2D eigenvalue weighted by atomic mass is 10.2. The first-order valence-electron chi connectivity index (χ1n) is 7.85. The van der Waals surface area contributed by atoms with Gasteiger partial charge in [0.2, 0.25) is 0 Å². The molecule has 0 saturated carbocycles. The van der Waals surface area contributed by atoms with Crippen LogP contribution in [0.15, 0.2) is 36.7 Å². The minimum Gasteiger partial charge on any atom is -0.456 e. The highest BCUT2D eigenvalue weighted by atomic mass is 35.5. The fraction of sp³-hybridized carbons (Fsp3) is 0.167. The summed E-state index contributed by atoms with van der Waals surface area (Å²) in [5.74, 6) is 0.446. The fourth-order valence-corrected chi connectivity index (χ4v) is 3.34. The van der Waals surface area contributed by atoms with E-state index >= 15 is 0 Å². The normalized spacial score (nSPS) is 11.4. The molecule has 4 aromatic rings. The number of carbonyl (C=O) groups excluding carboxylic acids is 1. The summed E-state index contributed by atoms with van der Waals surface area (Å²) >= 11 is 12.1. The average molecular weight is 389 g/mol. The Morgan fingerprint density at radius 2 is 2.00 bits per heavy atom. The summed E-state index contributed by atoms with van der Waals surface area (Å²) in [6.07, 6.45) is 3.42. The number of fused-ring (bicyclic) bond motifs is 2. The minimum atomic E-state index is -0.434. The molecule has 0 amide bonds. The van der Waals surface area contributed by atoms with Gasteiger partial charge in [0.1, 0.15) is 12.4 Å². The molecule has 0 aliphatic carbocycles. The van der Waals surface area contributed by atoms with Gasteiger partial charge in [-0.25, -0.2) is 14.8 Å². The number of rotatable bonds is 3. The zero-order valence-corrected chi connectivity index (χ0v) is 15.5. The molecule has 0 atom stereocenters. The van der Waals surface area contributed by atoms with Crippen LogP contribution in [0, 0.1) is 6.92 Å². The monoisotopic (exact) mass is 388 g/mol. The van der Waals surface area contributed by atoms with Gasteiger partial charge in [-0.2, -0.15) is 0 Å². The van der Waals surface area contributed by atoms with E-state index in [1.165, 1.54) is 0 Å². The fourth-order valence-electron chi connectivity index (χ4n) is 2.81. The van der Waals surface area contributed by atoms with Crippen LogP contribution in [0.1, 0.15) is 21.9 Å². The quantitative estimate of drug-likeness (QED) is 0.493. The summed E-state index contributed by atoms with van der Waals surface area (Å²) in [4.78, 5) is 21.1. The maximum atomic E-state index is 12.4. The van der Waals surface area contributed by atoms with Crippen molar-refractivity contribution in [3.05, 3.63) is 63.8 Å². The van der Waals surface area contributed by atoms with Gasteiger partial charge in [0.25, 0.3) is 0 Å². The van der Waals surface area contributed by atoms with Crippen molar-refractivity contribution in [3.63, 3.8) is 0 Å². The van der Waals surface area contributed by atoms with E-state index in [2.05, 4.69) is 9.97 Å². The highest BCUT2D eigenvalue weighted by molar-refractivity contribution is 6.36. The van der Waals surface area contributed by atoms with E-state index in [1.807, 2.05) is 24.6 Å². The third kappa shape index (κ3) is 2.91. The van der Waals surface area contributed by atoms with Gasteiger partial charge in [0.15, 0.2) is 5.65 Å². The van der Waals surface area contributed by atoms with Crippen LogP contribution < -0.4 is 0 Å². The van der Waals surface area contributed by atoms with Gasteiger partial charge < -0.3 is 13.7 Å². The molecule has 0 spiro atoms. The number of benzene rings is 1. The Morgan fingerprint density at radius 1 is 1.19 bits per heavy atom. The van der Waals surface area contributed by atoms with Gasteiger partial charge in [-0.15, -0.1) is 0 Å². The number of aryl methyl sites for hydroxylation is 2. The smallest absolute Gasteiger partial charge is 0.338 e. The van der Waals surface area contributed by atoms with E-state index < -0.39 is 5.97 Å². The summed E-state index contributed by atoms with van der Waals surface area (Å²) in [6.45, 7) is 1.95. The molecule has 0 fully saturated rings. The molecule has 8 heteroatoms. The zero-order chi connectivity index (χ0) is 18.4. The molecule has 0 unspecified atom stereocenters. The second kappa shape index (κ2) is 6.30. The Kier molecular flexibility index (Phi) is 4.09. The van der Waals surface area contributed by atoms with Gasteiger partial charge in [-0.05, 0) is 31.2 Å². The number of imidazole rings is 2. The first-order chi connectivity index (χ1) is 12.4. The molecule has 0 aliphatic rings. The lowest BCUT2D eigenvalue weighted by Crippen LogP contribution is -2.05. The Labute approximate surface area is 158 Å². The second-order valence-electron chi connectivity index (χ2n) is 5.97. The molecule has 3 heterocycles. The summed E-state index contributed by atoms with van der Waals surface area (Å²) in [7, 11) is 1.93. The van der Waals surface area contributed by atoms with Crippen LogP contribution >= 0.6 is 23.2 Å². The summed E-state index contributed by atoms with van der Waals surface area (Å²) in [6, 6.07) is 6.93. The summed E-state index contributed by atoms with van der Waals surface area (Å²) in [5, 5.41) is 0.938. The van der Waals surface area contributed by atoms with Gasteiger partial charge in [0, 0.05) is 19.4 Å². The minimum absolute atomic E-state index is 0.0355. The third-order valence-corrected chi connectivity index (χ3v) is 4.70. The molecule has 0 aliphatic heterocycles. The number of hydrogen-bond acceptors (Lipinski definition) is 4. The predicted molar refractivity (Wildman–Crippen MR) is 99.8 cm³/mol. The van der Waals surface area contributed by atoms with Crippen LogP contribution in [0.2, 0.25) is 10.0 Å². The number of hydrogen-bond donors (Lipinski definition) is 0. The SMILES string of the molecule is Cc1nc2cc(C(=O)OCc3cn4cc(Cl)cc(Cl)c4n3)ccc2n1C. The lowest BCUT2D eigenvalue weighted by molar-refractivity contribution is 0.0468. The zero-order valence-electron chi connectivity index (χ0n) is 14.0. The Morgan fingerprint density at radius 3 is 2.81 bits per heavy atom. The van der Waals surface area contributed by atoms with Crippen LogP contribution in [-0.2, 0) is 18.4 Å². The Balaban J connectivity index is 1.54. The molecule has 26 heavy (non-hydrogen) atoms. The Hall–Kier alpha value is -2.57. The number of ether oxygens (including phenoxy) is 1. The average Bonchev–Trinajstić information content (AvgIpc) is 3.13. The van der Waals surface area contributed by atoms with Crippen LogP contribution in [-0.4, -0.2) is 24.9 Å². The number of esters is 1. The van der Waals surface area contributed by atoms with E-state index in [0.717, 1.165) is 16.9 Å². The standard InChI is InChI=1S/C18H14Cl2N4O2/c1-10-21-15-5-11(3-4-16(15)23(10)2)18(25)26-9-13-8-24-7-12(19)6-14(20)17(24)22-13/h3-8H,9H2,1-2H3. The highest BCUT2D eigenvalue weighted by Crippen LogP contribution is 2.22. The van der Waals surface area contributed by atoms with E-state index in [9.17, 15) is 4.79 Å². The molecule has 6 nitrogen and oxygen atoms in total. The molecule has 0 N–H and O–H groups in total. The van der Waals surface area contributed by atoms with E-state index in [1.54, 1.807) is 35.0 Å². The largest absolute Gasteiger partial charge is 0.456 e. The molecule has 4 rings (SSSR count). The van der Waals surface area contributed by atoms with Gasteiger partial charge in [-0.1, -0.05) is 23.2 Å². The maximum Gasteiger partial charge on any atom is 0.338 e. The molecular formula is C18H14Cl2N4O2. The number of carbonyl (C=O) groups is 1. The molecule has 1 aromatic carbocycles. The van der Waals surface area contributed by atoms with Crippen LogP contribution in [0.4, 0.5) is 0 Å².